The molecule has 0 saturated heterocycles. The Morgan fingerprint density at radius 3 is 2.29 bits per heavy atom. The predicted octanol–water partition coefficient (Wildman–Crippen LogP) is 2.77. The first-order chi connectivity index (χ1) is 10.2. The van der Waals surface area contributed by atoms with Crippen molar-refractivity contribution in [1.82, 2.24) is 10.6 Å². The fraction of sp³-hybridized carbons (Fsp3) is 0.882. The lowest BCUT2D eigenvalue weighted by atomic mass is 10.1. The number of carbonyl (C=O) groups is 2. The third-order valence-electron chi connectivity index (χ3n) is 4.75. The van der Waals surface area contributed by atoms with Gasteiger partial charge >= 0.3 is 0 Å². The SMILES string of the molecule is CCCCCNC(=O)C1CC1C(=O)NC1CCCCCC1. The Morgan fingerprint density at radius 1 is 0.952 bits per heavy atom. The van der Waals surface area contributed by atoms with Crippen LogP contribution in [0.15, 0.2) is 0 Å². The van der Waals surface area contributed by atoms with Gasteiger partial charge in [-0.25, -0.2) is 0 Å². The van der Waals surface area contributed by atoms with E-state index in [9.17, 15) is 9.59 Å². The van der Waals surface area contributed by atoms with E-state index in [1.807, 2.05) is 0 Å². The van der Waals surface area contributed by atoms with Crippen LogP contribution in [0.4, 0.5) is 0 Å². The van der Waals surface area contributed by atoms with Gasteiger partial charge in [-0.2, -0.15) is 0 Å². The molecule has 0 aromatic carbocycles. The summed E-state index contributed by atoms with van der Waals surface area (Å²) in [6, 6.07) is 0.342. The summed E-state index contributed by atoms with van der Waals surface area (Å²) < 4.78 is 0. The van der Waals surface area contributed by atoms with Gasteiger partial charge in [-0.15, -0.1) is 0 Å². The Labute approximate surface area is 128 Å². The van der Waals surface area contributed by atoms with E-state index in [-0.39, 0.29) is 23.7 Å². The number of hydrogen-bond donors (Lipinski definition) is 2. The molecule has 0 spiro atoms. The van der Waals surface area contributed by atoms with Crippen molar-refractivity contribution in [2.45, 2.75) is 77.2 Å². The van der Waals surface area contributed by atoms with Crippen LogP contribution in [0, 0.1) is 11.8 Å². The van der Waals surface area contributed by atoms with Crippen molar-refractivity contribution in [2.75, 3.05) is 6.54 Å². The molecule has 0 radical (unpaired) electrons. The van der Waals surface area contributed by atoms with Crippen LogP contribution >= 0.6 is 0 Å². The fourth-order valence-corrected chi connectivity index (χ4v) is 3.22. The normalized spacial score (nSPS) is 26.0. The summed E-state index contributed by atoms with van der Waals surface area (Å²) in [5, 5.41) is 6.12. The smallest absolute Gasteiger partial charge is 0.224 e. The summed E-state index contributed by atoms with van der Waals surface area (Å²) >= 11 is 0. The lowest BCUT2D eigenvalue weighted by molar-refractivity contribution is -0.127. The van der Waals surface area contributed by atoms with Gasteiger partial charge < -0.3 is 10.6 Å². The average molecular weight is 294 g/mol. The van der Waals surface area contributed by atoms with Crippen molar-refractivity contribution < 1.29 is 9.59 Å². The third-order valence-corrected chi connectivity index (χ3v) is 4.75. The van der Waals surface area contributed by atoms with Crippen molar-refractivity contribution in [3.8, 4) is 0 Å². The lowest BCUT2D eigenvalue weighted by Gasteiger charge is -2.16. The van der Waals surface area contributed by atoms with Crippen LogP contribution in [0.2, 0.25) is 0 Å². The molecule has 2 amide bonds. The van der Waals surface area contributed by atoms with Crippen molar-refractivity contribution in [3.63, 3.8) is 0 Å². The third kappa shape index (κ3) is 5.33. The minimum Gasteiger partial charge on any atom is -0.356 e. The highest BCUT2D eigenvalue weighted by Gasteiger charge is 2.48. The minimum absolute atomic E-state index is 0.0700. The van der Waals surface area contributed by atoms with E-state index in [1.165, 1.54) is 25.7 Å². The molecular formula is C17H30N2O2. The maximum absolute atomic E-state index is 12.2. The summed E-state index contributed by atoms with van der Waals surface area (Å²) in [6.07, 6.45) is 11.3. The molecule has 4 nitrogen and oxygen atoms in total. The Hall–Kier alpha value is -1.06. The molecule has 0 aromatic heterocycles. The van der Waals surface area contributed by atoms with E-state index < -0.39 is 0 Å². The van der Waals surface area contributed by atoms with Crippen molar-refractivity contribution >= 4 is 11.8 Å². The van der Waals surface area contributed by atoms with Gasteiger partial charge in [0.25, 0.3) is 0 Å². The van der Waals surface area contributed by atoms with Gasteiger partial charge in [-0.1, -0.05) is 45.4 Å². The van der Waals surface area contributed by atoms with E-state index in [0.717, 1.165) is 45.1 Å². The highest BCUT2D eigenvalue weighted by molar-refractivity contribution is 5.92. The van der Waals surface area contributed by atoms with E-state index in [4.69, 9.17) is 0 Å². The molecule has 2 fully saturated rings. The number of rotatable bonds is 7. The molecule has 2 atom stereocenters. The van der Waals surface area contributed by atoms with E-state index in [2.05, 4.69) is 17.6 Å². The van der Waals surface area contributed by atoms with Crippen LogP contribution in [0.1, 0.15) is 71.1 Å². The number of unbranched alkanes of at least 4 members (excludes halogenated alkanes) is 2. The fourth-order valence-electron chi connectivity index (χ4n) is 3.22. The number of carbonyl (C=O) groups excluding carboxylic acids is 2. The first-order valence-corrected chi connectivity index (χ1v) is 8.80. The quantitative estimate of drug-likeness (QED) is 0.560. The molecule has 2 rings (SSSR count). The van der Waals surface area contributed by atoms with Crippen LogP contribution in [0.3, 0.4) is 0 Å². The van der Waals surface area contributed by atoms with Crippen LogP contribution in [-0.2, 0) is 9.59 Å². The Balaban J connectivity index is 1.64. The molecule has 2 aliphatic rings. The van der Waals surface area contributed by atoms with Gasteiger partial charge in [-0.05, 0) is 25.7 Å². The van der Waals surface area contributed by atoms with E-state index >= 15 is 0 Å². The van der Waals surface area contributed by atoms with Gasteiger partial charge in [0.1, 0.15) is 0 Å². The van der Waals surface area contributed by atoms with Crippen molar-refractivity contribution in [2.24, 2.45) is 11.8 Å². The Kier molecular flexibility index (Phi) is 6.52. The lowest BCUT2D eigenvalue weighted by Crippen LogP contribution is -2.37. The molecule has 0 bridgehead atoms. The Bertz CT molecular complexity index is 349. The number of amides is 2. The molecule has 2 N–H and O–H groups in total. The molecular weight excluding hydrogens is 264 g/mol. The molecule has 2 unspecified atom stereocenters. The van der Waals surface area contributed by atoms with Gasteiger partial charge in [0.05, 0.1) is 11.8 Å². The molecule has 0 aliphatic heterocycles. The number of hydrogen-bond acceptors (Lipinski definition) is 2. The van der Waals surface area contributed by atoms with Gasteiger partial charge in [0.15, 0.2) is 0 Å². The largest absolute Gasteiger partial charge is 0.356 e. The Morgan fingerprint density at radius 2 is 1.62 bits per heavy atom. The second-order valence-corrected chi connectivity index (χ2v) is 6.64. The zero-order chi connectivity index (χ0) is 15.1. The monoisotopic (exact) mass is 294 g/mol. The summed E-state index contributed by atoms with van der Waals surface area (Å²) in [7, 11) is 0. The second kappa shape index (κ2) is 8.40. The average Bonchev–Trinajstić information content (AvgIpc) is 3.27. The molecule has 0 aromatic rings. The van der Waals surface area contributed by atoms with Crippen LogP contribution < -0.4 is 10.6 Å². The van der Waals surface area contributed by atoms with Gasteiger partial charge in [-0.3, -0.25) is 9.59 Å². The predicted molar refractivity (Wildman–Crippen MR) is 83.8 cm³/mol. The standard InChI is InChI=1S/C17H30N2O2/c1-2-3-8-11-18-16(20)14-12-15(14)17(21)19-13-9-6-4-5-7-10-13/h13-15H,2-12H2,1H3,(H,18,20)(H,19,21). The maximum atomic E-state index is 12.2. The summed E-state index contributed by atoms with van der Waals surface area (Å²) in [4.78, 5) is 24.1. The van der Waals surface area contributed by atoms with Crippen LogP contribution in [0.25, 0.3) is 0 Å². The second-order valence-electron chi connectivity index (χ2n) is 6.64. The minimum atomic E-state index is -0.0718. The zero-order valence-electron chi connectivity index (χ0n) is 13.3. The van der Waals surface area contributed by atoms with Crippen molar-refractivity contribution in [3.05, 3.63) is 0 Å². The highest BCUT2D eigenvalue weighted by Crippen LogP contribution is 2.39. The summed E-state index contributed by atoms with van der Waals surface area (Å²) in [5.74, 6) is 0.0413. The summed E-state index contributed by atoms with van der Waals surface area (Å²) in [5.41, 5.74) is 0. The van der Waals surface area contributed by atoms with Crippen molar-refractivity contribution in [1.29, 1.82) is 0 Å². The van der Waals surface area contributed by atoms with Crippen LogP contribution in [-0.4, -0.2) is 24.4 Å². The highest BCUT2D eigenvalue weighted by atomic mass is 16.2. The van der Waals surface area contributed by atoms with E-state index in [0.29, 0.717) is 6.04 Å². The van der Waals surface area contributed by atoms with Crippen LogP contribution in [0.5, 0.6) is 0 Å². The number of nitrogens with one attached hydrogen (secondary N) is 2. The maximum Gasteiger partial charge on any atom is 0.224 e. The molecule has 0 heterocycles. The van der Waals surface area contributed by atoms with E-state index in [1.54, 1.807) is 0 Å². The first-order valence-electron chi connectivity index (χ1n) is 8.80. The van der Waals surface area contributed by atoms with Gasteiger partial charge in [0.2, 0.25) is 11.8 Å². The molecule has 4 heteroatoms. The molecule has 21 heavy (non-hydrogen) atoms. The topological polar surface area (TPSA) is 58.2 Å². The first kappa shape index (κ1) is 16.3. The van der Waals surface area contributed by atoms with Gasteiger partial charge in [0, 0.05) is 12.6 Å². The molecule has 2 aliphatic carbocycles. The molecule has 120 valence electrons. The zero-order valence-corrected chi connectivity index (χ0v) is 13.3. The molecule has 2 saturated carbocycles. The summed E-state index contributed by atoms with van der Waals surface area (Å²) in [6.45, 7) is 2.90.